The predicted octanol–water partition coefficient (Wildman–Crippen LogP) is 2.98. The third-order valence-electron chi connectivity index (χ3n) is 2.32. The number of hydrogen-bond donors (Lipinski definition) is 1. The maximum Gasteiger partial charge on any atom is 0.0722 e. The highest BCUT2D eigenvalue weighted by Crippen LogP contribution is 2.24. The molecular formula is C12H14N2. The summed E-state index contributed by atoms with van der Waals surface area (Å²) in [7, 11) is 0. The van der Waals surface area contributed by atoms with E-state index in [0.717, 1.165) is 12.1 Å². The molecule has 0 bridgehead atoms. The topological polar surface area (TPSA) is 24.9 Å². The highest BCUT2D eigenvalue weighted by Gasteiger charge is 2.03. The van der Waals surface area contributed by atoms with Crippen LogP contribution in [0.5, 0.6) is 0 Å². The molecule has 0 amide bonds. The number of aromatic nitrogens is 1. The van der Waals surface area contributed by atoms with Crippen molar-refractivity contribution >= 4 is 16.6 Å². The fourth-order valence-electron chi connectivity index (χ4n) is 1.65. The van der Waals surface area contributed by atoms with Gasteiger partial charge in [-0.25, -0.2) is 0 Å². The number of fused-ring (bicyclic) bond motifs is 1. The van der Waals surface area contributed by atoms with E-state index in [1.807, 2.05) is 24.4 Å². The molecule has 0 fully saturated rings. The summed E-state index contributed by atoms with van der Waals surface area (Å²) in [5.74, 6) is 0. The Hall–Kier alpha value is -1.57. The SMILES string of the molecule is CCNc1c(C)cnc2ccccc12. The molecular weight excluding hydrogens is 172 g/mol. The van der Waals surface area contributed by atoms with E-state index in [1.165, 1.54) is 16.6 Å². The second kappa shape index (κ2) is 3.66. The zero-order valence-electron chi connectivity index (χ0n) is 8.54. The van der Waals surface area contributed by atoms with Crippen LogP contribution in [0.15, 0.2) is 30.5 Å². The minimum absolute atomic E-state index is 0.939. The van der Waals surface area contributed by atoms with E-state index in [9.17, 15) is 0 Å². The van der Waals surface area contributed by atoms with Gasteiger partial charge in [0, 0.05) is 23.8 Å². The van der Waals surface area contributed by atoms with Gasteiger partial charge in [-0.05, 0) is 25.5 Å². The van der Waals surface area contributed by atoms with Crippen LogP contribution in [-0.2, 0) is 0 Å². The van der Waals surface area contributed by atoms with Crippen LogP contribution in [0.3, 0.4) is 0 Å². The molecule has 0 saturated heterocycles. The number of nitrogens with zero attached hydrogens (tertiary/aromatic N) is 1. The van der Waals surface area contributed by atoms with Gasteiger partial charge in [0.2, 0.25) is 0 Å². The Morgan fingerprint density at radius 3 is 2.86 bits per heavy atom. The number of benzene rings is 1. The Morgan fingerprint density at radius 2 is 2.07 bits per heavy atom. The number of rotatable bonds is 2. The van der Waals surface area contributed by atoms with Crippen LogP contribution in [0.25, 0.3) is 10.9 Å². The molecule has 1 heterocycles. The summed E-state index contributed by atoms with van der Waals surface area (Å²) in [6.45, 7) is 5.13. The number of anilines is 1. The van der Waals surface area contributed by atoms with Gasteiger partial charge in [-0.2, -0.15) is 0 Å². The lowest BCUT2D eigenvalue weighted by atomic mass is 10.1. The number of para-hydroxylation sites is 1. The van der Waals surface area contributed by atoms with Gasteiger partial charge < -0.3 is 5.32 Å². The lowest BCUT2D eigenvalue weighted by Crippen LogP contribution is -2.00. The van der Waals surface area contributed by atoms with Crippen molar-refractivity contribution in [2.45, 2.75) is 13.8 Å². The molecule has 0 aliphatic carbocycles. The van der Waals surface area contributed by atoms with Crippen molar-refractivity contribution in [3.63, 3.8) is 0 Å². The van der Waals surface area contributed by atoms with Gasteiger partial charge >= 0.3 is 0 Å². The molecule has 0 aliphatic heterocycles. The van der Waals surface area contributed by atoms with E-state index >= 15 is 0 Å². The summed E-state index contributed by atoms with van der Waals surface area (Å²) in [5, 5.41) is 4.58. The predicted molar refractivity (Wildman–Crippen MR) is 60.6 cm³/mol. The Labute approximate surface area is 84.0 Å². The molecule has 0 radical (unpaired) electrons. The molecule has 2 nitrogen and oxygen atoms in total. The smallest absolute Gasteiger partial charge is 0.0722 e. The van der Waals surface area contributed by atoms with Crippen molar-refractivity contribution < 1.29 is 0 Å². The maximum absolute atomic E-state index is 4.38. The van der Waals surface area contributed by atoms with E-state index in [2.05, 4.69) is 30.2 Å². The second-order valence-corrected chi connectivity index (χ2v) is 3.36. The monoisotopic (exact) mass is 186 g/mol. The van der Waals surface area contributed by atoms with Gasteiger partial charge in [0.25, 0.3) is 0 Å². The van der Waals surface area contributed by atoms with E-state index in [-0.39, 0.29) is 0 Å². The summed E-state index contributed by atoms with van der Waals surface area (Å²) in [6, 6.07) is 8.20. The van der Waals surface area contributed by atoms with Gasteiger partial charge in [-0.15, -0.1) is 0 Å². The van der Waals surface area contributed by atoms with Gasteiger partial charge in [0.1, 0.15) is 0 Å². The minimum Gasteiger partial charge on any atom is -0.385 e. The highest BCUT2D eigenvalue weighted by molar-refractivity contribution is 5.92. The average molecular weight is 186 g/mol. The van der Waals surface area contributed by atoms with Crippen LogP contribution in [0.4, 0.5) is 5.69 Å². The Kier molecular flexibility index (Phi) is 2.35. The first kappa shape index (κ1) is 9.00. The number of pyridine rings is 1. The van der Waals surface area contributed by atoms with Crippen molar-refractivity contribution in [3.8, 4) is 0 Å². The Bertz CT molecular complexity index is 449. The molecule has 1 N–H and O–H groups in total. The Morgan fingerprint density at radius 1 is 1.29 bits per heavy atom. The molecule has 0 atom stereocenters. The zero-order chi connectivity index (χ0) is 9.97. The Balaban J connectivity index is 2.69. The third-order valence-corrected chi connectivity index (χ3v) is 2.32. The number of aryl methyl sites for hydroxylation is 1. The van der Waals surface area contributed by atoms with Crippen LogP contribution < -0.4 is 5.32 Å². The number of nitrogens with one attached hydrogen (secondary N) is 1. The van der Waals surface area contributed by atoms with Gasteiger partial charge in [-0.3, -0.25) is 4.98 Å². The first-order valence-corrected chi connectivity index (χ1v) is 4.91. The third kappa shape index (κ3) is 1.43. The minimum atomic E-state index is 0.939. The van der Waals surface area contributed by atoms with E-state index in [1.54, 1.807) is 0 Å². The summed E-state index contributed by atoms with van der Waals surface area (Å²) < 4.78 is 0. The maximum atomic E-state index is 4.38. The van der Waals surface area contributed by atoms with Crippen LogP contribution in [-0.4, -0.2) is 11.5 Å². The molecule has 0 saturated carbocycles. The molecule has 1 aromatic heterocycles. The molecule has 0 aliphatic rings. The highest BCUT2D eigenvalue weighted by atomic mass is 14.9. The zero-order valence-corrected chi connectivity index (χ0v) is 8.54. The van der Waals surface area contributed by atoms with Crippen molar-refractivity contribution in [1.82, 2.24) is 4.98 Å². The normalized spacial score (nSPS) is 10.4. The molecule has 2 aromatic rings. The van der Waals surface area contributed by atoms with Crippen LogP contribution >= 0.6 is 0 Å². The summed E-state index contributed by atoms with van der Waals surface area (Å²) in [5.41, 5.74) is 3.46. The molecule has 14 heavy (non-hydrogen) atoms. The lowest BCUT2D eigenvalue weighted by molar-refractivity contribution is 1.20. The molecule has 0 unspecified atom stereocenters. The molecule has 2 rings (SSSR count). The first-order chi connectivity index (χ1) is 6.83. The van der Waals surface area contributed by atoms with Crippen LogP contribution in [0.1, 0.15) is 12.5 Å². The van der Waals surface area contributed by atoms with E-state index in [0.29, 0.717) is 0 Å². The fraction of sp³-hybridized carbons (Fsp3) is 0.250. The van der Waals surface area contributed by atoms with E-state index in [4.69, 9.17) is 0 Å². The lowest BCUT2D eigenvalue weighted by Gasteiger charge is -2.10. The molecule has 1 aromatic carbocycles. The fourth-order valence-corrected chi connectivity index (χ4v) is 1.65. The molecule has 2 heteroatoms. The molecule has 0 spiro atoms. The van der Waals surface area contributed by atoms with Gasteiger partial charge in [-0.1, -0.05) is 18.2 Å². The number of hydrogen-bond acceptors (Lipinski definition) is 2. The van der Waals surface area contributed by atoms with Crippen molar-refractivity contribution in [3.05, 3.63) is 36.0 Å². The molecule has 72 valence electrons. The largest absolute Gasteiger partial charge is 0.385 e. The van der Waals surface area contributed by atoms with Gasteiger partial charge in [0.05, 0.1) is 5.52 Å². The van der Waals surface area contributed by atoms with Crippen molar-refractivity contribution in [1.29, 1.82) is 0 Å². The summed E-state index contributed by atoms with van der Waals surface area (Å²) in [4.78, 5) is 4.38. The summed E-state index contributed by atoms with van der Waals surface area (Å²) in [6.07, 6.45) is 1.92. The van der Waals surface area contributed by atoms with Gasteiger partial charge in [0.15, 0.2) is 0 Å². The second-order valence-electron chi connectivity index (χ2n) is 3.36. The summed E-state index contributed by atoms with van der Waals surface area (Å²) >= 11 is 0. The van der Waals surface area contributed by atoms with Crippen molar-refractivity contribution in [2.75, 3.05) is 11.9 Å². The average Bonchev–Trinajstić information content (AvgIpc) is 2.23. The first-order valence-electron chi connectivity index (χ1n) is 4.91. The standard InChI is InChI=1S/C12H14N2/c1-3-13-12-9(2)8-14-11-7-5-4-6-10(11)12/h4-8H,3H2,1-2H3,(H,13,14). The van der Waals surface area contributed by atoms with Crippen LogP contribution in [0.2, 0.25) is 0 Å². The quantitative estimate of drug-likeness (QED) is 0.780. The van der Waals surface area contributed by atoms with Crippen LogP contribution in [0, 0.1) is 6.92 Å². The van der Waals surface area contributed by atoms with E-state index < -0.39 is 0 Å². The van der Waals surface area contributed by atoms with Crippen molar-refractivity contribution in [2.24, 2.45) is 0 Å².